The Morgan fingerprint density at radius 1 is 1.36 bits per heavy atom. The van der Waals surface area contributed by atoms with Crippen molar-refractivity contribution in [3.63, 3.8) is 0 Å². The van der Waals surface area contributed by atoms with E-state index in [1.807, 2.05) is 6.92 Å². The smallest absolute Gasteiger partial charge is 0.274 e. The normalized spacial score (nSPS) is 21.6. The summed E-state index contributed by atoms with van der Waals surface area (Å²) < 4.78 is 21.0. The van der Waals surface area contributed by atoms with Gasteiger partial charge in [0.05, 0.1) is 10.6 Å². The maximum absolute atomic E-state index is 14.1. The van der Waals surface area contributed by atoms with Crippen LogP contribution < -0.4 is 10.7 Å². The molecule has 8 nitrogen and oxygen atoms in total. The number of likely N-dealkylation sites (N-methyl/N-ethyl adjacent to an activating group) is 1. The molecule has 10 heteroatoms. The topological polar surface area (TPSA) is 101 Å². The van der Waals surface area contributed by atoms with Crippen LogP contribution in [0.1, 0.15) is 46.2 Å². The monoisotopic (exact) mass is 477 g/mol. The molecule has 2 N–H and O–H groups in total. The molecule has 1 aliphatic heterocycles. The van der Waals surface area contributed by atoms with E-state index in [0.717, 1.165) is 0 Å². The van der Waals surface area contributed by atoms with Gasteiger partial charge in [0.2, 0.25) is 5.43 Å². The molecule has 1 saturated carbocycles. The van der Waals surface area contributed by atoms with Gasteiger partial charge in [0, 0.05) is 45.1 Å². The minimum absolute atomic E-state index is 0.0789. The number of nitrogens with zero attached hydrogens (tertiary/aromatic N) is 2. The van der Waals surface area contributed by atoms with Crippen LogP contribution in [0.25, 0.3) is 0 Å². The maximum Gasteiger partial charge on any atom is 0.274 e. The Balaban J connectivity index is 1.69. The van der Waals surface area contributed by atoms with Crippen molar-refractivity contribution in [2.45, 2.75) is 31.8 Å². The van der Waals surface area contributed by atoms with E-state index in [-0.39, 0.29) is 34.3 Å². The van der Waals surface area contributed by atoms with Crippen molar-refractivity contribution in [3.05, 3.63) is 62.3 Å². The predicted molar refractivity (Wildman–Crippen MR) is 119 cm³/mol. The number of ether oxygens (including phenoxy) is 1. The number of benzene rings is 1. The molecule has 176 valence electrons. The van der Waals surface area contributed by atoms with Crippen LogP contribution in [0.3, 0.4) is 0 Å². The molecule has 33 heavy (non-hydrogen) atoms. The number of nitrogens with one attached hydrogen (secondary N) is 1. The lowest BCUT2D eigenvalue weighted by Crippen LogP contribution is -2.61. The van der Waals surface area contributed by atoms with E-state index in [1.165, 1.54) is 18.3 Å². The molecule has 1 aromatic heterocycles. The number of fused-ring (bicyclic) bond motifs is 2. The lowest BCUT2D eigenvalue weighted by molar-refractivity contribution is -0.0224. The molecular formula is C23H25ClFN3O5. The molecule has 4 rings (SSSR count). The first-order chi connectivity index (χ1) is 15.7. The Labute approximate surface area is 194 Å². The number of carbonyl (C=O) groups is 2. The summed E-state index contributed by atoms with van der Waals surface area (Å²) in [7, 11) is 1.62. The second-order valence-corrected chi connectivity index (χ2v) is 9.02. The quantitative estimate of drug-likeness (QED) is 0.665. The van der Waals surface area contributed by atoms with Crippen molar-refractivity contribution in [2.75, 3.05) is 26.8 Å². The van der Waals surface area contributed by atoms with Crippen molar-refractivity contribution in [1.29, 1.82) is 0 Å². The SMILES string of the molecule is CCN1C[C@]2(C[C@@H](COC)C2)n2cc(C(=O)NCc3cccc(Cl)c3F)c(=O)c(O)c2C1=O. The highest BCUT2D eigenvalue weighted by molar-refractivity contribution is 6.30. The molecule has 0 bridgehead atoms. The first-order valence-corrected chi connectivity index (χ1v) is 11.1. The summed E-state index contributed by atoms with van der Waals surface area (Å²) in [5.74, 6) is -2.39. The summed E-state index contributed by atoms with van der Waals surface area (Å²) >= 11 is 5.78. The summed E-state index contributed by atoms with van der Waals surface area (Å²) in [6, 6.07) is 4.41. The van der Waals surface area contributed by atoms with Crippen LogP contribution >= 0.6 is 11.6 Å². The zero-order valence-electron chi connectivity index (χ0n) is 18.4. The number of carbonyl (C=O) groups excluding carboxylic acids is 2. The van der Waals surface area contributed by atoms with Crippen LogP contribution in [-0.4, -0.2) is 53.2 Å². The van der Waals surface area contributed by atoms with E-state index >= 15 is 0 Å². The Morgan fingerprint density at radius 3 is 2.76 bits per heavy atom. The molecule has 0 atom stereocenters. The average Bonchev–Trinajstić information content (AvgIpc) is 2.77. The summed E-state index contributed by atoms with van der Waals surface area (Å²) in [6.07, 6.45) is 2.69. The highest BCUT2D eigenvalue weighted by Gasteiger charge is 2.52. The molecule has 2 aromatic rings. The van der Waals surface area contributed by atoms with E-state index in [9.17, 15) is 23.9 Å². The molecular weight excluding hydrogens is 453 g/mol. The van der Waals surface area contributed by atoms with E-state index in [4.69, 9.17) is 16.3 Å². The highest BCUT2D eigenvalue weighted by Crippen LogP contribution is 2.48. The van der Waals surface area contributed by atoms with Crippen molar-refractivity contribution < 1.29 is 23.8 Å². The van der Waals surface area contributed by atoms with Gasteiger partial charge < -0.3 is 24.6 Å². The molecule has 2 amide bonds. The molecule has 0 unspecified atom stereocenters. The van der Waals surface area contributed by atoms with Gasteiger partial charge in [0.15, 0.2) is 11.4 Å². The zero-order chi connectivity index (χ0) is 23.9. The minimum atomic E-state index is -0.945. The van der Waals surface area contributed by atoms with Gasteiger partial charge in [-0.15, -0.1) is 0 Å². The summed E-state index contributed by atoms with van der Waals surface area (Å²) in [4.78, 5) is 40.2. The molecule has 0 radical (unpaired) electrons. The van der Waals surface area contributed by atoms with E-state index in [1.54, 1.807) is 22.6 Å². The maximum atomic E-state index is 14.1. The van der Waals surface area contributed by atoms with Crippen LogP contribution in [0.2, 0.25) is 5.02 Å². The zero-order valence-corrected chi connectivity index (χ0v) is 19.1. The molecule has 1 fully saturated rings. The van der Waals surface area contributed by atoms with Gasteiger partial charge >= 0.3 is 0 Å². The third-order valence-electron chi connectivity index (χ3n) is 6.51. The fourth-order valence-electron chi connectivity index (χ4n) is 4.90. The number of amides is 2. The van der Waals surface area contributed by atoms with Crippen molar-refractivity contribution in [3.8, 4) is 5.75 Å². The fourth-order valence-corrected chi connectivity index (χ4v) is 5.09. The molecule has 1 aromatic carbocycles. The second kappa shape index (κ2) is 8.79. The van der Waals surface area contributed by atoms with Crippen LogP contribution in [0.15, 0.2) is 29.2 Å². The summed E-state index contributed by atoms with van der Waals surface area (Å²) in [5.41, 5.74) is -1.75. The second-order valence-electron chi connectivity index (χ2n) is 8.61. The molecule has 0 saturated heterocycles. The Kier molecular flexibility index (Phi) is 6.20. The average molecular weight is 478 g/mol. The van der Waals surface area contributed by atoms with Gasteiger partial charge in [-0.2, -0.15) is 0 Å². The van der Waals surface area contributed by atoms with Gasteiger partial charge in [-0.05, 0) is 31.7 Å². The molecule has 1 spiro atoms. The number of methoxy groups -OCH3 is 1. The van der Waals surface area contributed by atoms with E-state index in [2.05, 4.69) is 5.32 Å². The number of aromatic hydroxyl groups is 1. The molecule has 1 aliphatic carbocycles. The number of hydrogen-bond donors (Lipinski definition) is 2. The number of aromatic nitrogens is 1. The Bertz CT molecular complexity index is 1180. The largest absolute Gasteiger partial charge is 0.503 e. The number of hydrogen-bond acceptors (Lipinski definition) is 5. The molecule has 2 heterocycles. The number of rotatable bonds is 6. The first kappa shape index (κ1) is 23.3. The third kappa shape index (κ3) is 3.89. The van der Waals surface area contributed by atoms with Crippen molar-refractivity contribution in [2.24, 2.45) is 5.92 Å². The Morgan fingerprint density at radius 2 is 2.09 bits per heavy atom. The number of halogens is 2. The van der Waals surface area contributed by atoms with Gasteiger partial charge in [-0.1, -0.05) is 23.7 Å². The number of pyridine rings is 1. The van der Waals surface area contributed by atoms with Crippen LogP contribution in [0.5, 0.6) is 5.75 Å². The van der Waals surface area contributed by atoms with Crippen molar-refractivity contribution >= 4 is 23.4 Å². The van der Waals surface area contributed by atoms with Crippen LogP contribution in [-0.2, 0) is 16.8 Å². The minimum Gasteiger partial charge on any atom is -0.503 e. The van der Waals surface area contributed by atoms with Gasteiger partial charge in [0.1, 0.15) is 11.4 Å². The standard InChI is InChI=1S/C23H25ClFN3O5/c1-3-27-12-23(7-13(8-23)11-33-2)28-10-15(19(29)20(30)18(28)22(27)32)21(31)26-9-14-5-4-6-16(24)17(14)25/h4-6,10,13,30H,3,7-9,11-12H2,1-2H3,(H,26,31)/t13-,23-. The molecule has 2 aliphatic rings. The Hall–Kier alpha value is -2.91. The first-order valence-electron chi connectivity index (χ1n) is 10.7. The highest BCUT2D eigenvalue weighted by atomic mass is 35.5. The third-order valence-corrected chi connectivity index (χ3v) is 6.80. The van der Waals surface area contributed by atoms with E-state index < -0.39 is 34.3 Å². The lowest BCUT2D eigenvalue weighted by atomic mass is 9.66. The van der Waals surface area contributed by atoms with Crippen molar-refractivity contribution in [1.82, 2.24) is 14.8 Å². The summed E-state index contributed by atoms with van der Waals surface area (Å²) in [5, 5.41) is 13.1. The summed E-state index contributed by atoms with van der Waals surface area (Å²) in [6.45, 7) is 3.03. The van der Waals surface area contributed by atoms with Crippen LogP contribution in [0.4, 0.5) is 4.39 Å². The fraction of sp³-hybridized carbons (Fsp3) is 0.435. The van der Waals surface area contributed by atoms with Gasteiger partial charge in [-0.25, -0.2) is 4.39 Å². The lowest BCUT2D eigenvalue weighted by Gasteiger charge is -2.54. The van der Waals surface area contributed by atoms with E-state index in [0.29, 0.717) is 32.5 Å². The van der Waals surface area contributed by atoms with Gasteiger partial charge in [-0.3, -0.25) is 14.4 Å². The van der Waals surface area contributed by atoms with Crippen LogP contribution in [0, 0.1) is 11.7 Å². The predicted octanol–water partition coefficient (Wildman–Crippen LogP) is 2.50. The van der Waals surface area contributed by atoms with Gasteiger partial charge in [0.25, 0.3) is 11.8 Å².